The summed E-state index contributed by atoms with van der Waals surface area (Å²) in [5.74, 6) is -0.351. The van der Waals surface area contributed by atoms with Crippen molar-refractivity contribution in [3.8, 4) is 0 Å². The Kier molecular flexibility index (Phi) is 11.9. The van der Waals surface area contributed by atoms with E-state index in [-0.39, 0.29) is 35.4 Å². The minimum Gasteiger partial charge on any atom is -0.377 e. The van der Waals surface area contributed by atoms with Crippen LogP contribution in [0.2, 0.25) is 0 Å². The molecule has 1 unspecified atom stereocenters. The summed E-state index contributed by atoms with van der Waals surface area (Å²) in [6, 6.07) is 10.2. The molecule has 6 heterocycles. The molecule has 1 aliphatic carbocycles. The molecule has 3 aliphatic heterocycles. The lowest BCUT2D eigenvalue weighted by molar-refractivity contribution is -0.125. The van der Waals surface area contributed by atoms with Crippen molar-refractivity contribution < 1.29 is 24.0 Å². The number of ketones is 1. The number of benzene rings is 1. The van der Waals surface area contributed by atoms with Crippen LogP contribution in [-0.2, 0) is 9.59 Å². The first-order chi connectivity index (χ1) is 29.0. The first-order valence-electron chi connectivity index (χ1n) is 21.1. The fourth-order valence-corrected chi connectivity index (χ4v) is 8.84. The highest BCUT2D eigenvalue weighted by atomic mass is 16.2. The van der Waals surface area contributed by atoms with Gasteiger partial charge in [-0.2, -0.15) is 4.98 Å². The number of pyridine rings is 1. The Morgan fingerprint density at radius 1 is 0.933 bits per heavy atom. The van der Waals surface area contributed by atoms with Crippen molar-refractivity contribution in [1.29, 1.82) is 0 Å². The molecule has 3 aromatic heterocycles. The van der Waals surface area contributed by atoms with Gasteiger partial charge in [0.05, 0.1) is 29.6 Å². The number of carbonyl (C=O) groups excluding carboxylic acids is 5. The predicted octanol–water partition coefficient (Wildman–Crippen LogP) is 5.14. The predicted molar refractivity (Wildman–Crippen MR) is 228 cm³/mol. The minimum atomic E-state index is -0.886. The van der Waals surface area contributed by atoms with Gasteiger partial charge in [0.15, 0.2) is 5.78 Å². The van der Waals surface area contributed by atoms with Gasteiger partial charge in [0.1, 0.15) is 23.2 Å². The van der Waals surface area contributed by atoms with Crippen LogP contribution in [0.1, 0.15) is 101 Å². The van der Waals surface area contributed by atoms with E-state index in [0.717, 1.165) is 99.3 Å². The summed E-state index contributed by atoms with van der Waals surface area (Å²) in [4.78, 5) is 86.5. The second-order valence-electron chi connectivity index (χ2n) is 16.4. The molecule has 1 aromatic carbocycles. The molecule has 16 nitrogen and oxygen atoms in total. The number of hydrogen-bond acceptors (Lipinski definition) is 12. The van der Waals surface area contributed by atoms with Crippen LogP contribution in [0.15, 0.2) is 61.1 Å². The fraction of sp³-hybridized carbons (Fsp3) is 0.455. The van der Waals surface area contributed by atoms with Crippen molar-refractivity contribution in [3.63, 3.8) is 0 Å². The summed E-state index contributed by atoms with van der Waals surface area (Å²) in [5.41, 5.74) is 3.91. The molecule has 4 aliphatic rings. The second-order valence-corrected chi connectivity index (χ2v) is 16.4. The normalized spacial score (nSPS) is 18.6. The van der Waals surface area contributed by atoms with Crippen molar-refractivity contribution >= 4 is 63.6 Å². The Morgan fingerprint density at radius 3 is 2.47 bits per heavy atom. The molecule has 2 saturated heterocycles. The molecule has 0 radical (unpaired) electrons. The maximum atomic E-state index is 13.4. The number of piperidine rings is 1. The number of rotatable bonds is 15. The Bertz CT molecular complexity index is 2310. The molecule has 16 heteroatoms. The van der Waals surface area contributed by atoms with Gasteiger partial charge in [-0.15, -0.1) is 0 Å². The first kappa shape index (κ1) is 40.6. The van der Waals surface area contributed by atoms with Gasteiger partial charge in [-0.3, -0.25) is 33.8 Å². The topological polar surface area (TPSA) is 178 Å². The van der Waals surface area contributed by atoms with Crippen molar-refractivity contribution in [2.24, 2.45) is 0 Å². The van der Waals surface area contributed by atoms with E-state index in [2.05, 4.69) is 52.9 Å². The molecule has 4 amide bonds. The van der Waals surface area contributed by atoms with Crippen LogP contribution in [0.4, 0.5) is 23.1 Å². The summed E-state index contributed by atoms with van der Waals surface area (Å²) >= 11 is 0. The number of allylic oxidation sites excluding steroid dienone is 1. The summed E-state index contributed by atoms with van der Waals surface area (Å²) in [5, 5.41) is 9.84. The Hall–Kier alpha value is -6.16. The van der Waals surface area contributed by atoms with Gasteiger partial charge in [0.25, 0.3) is 17.7 Å². The number of amides is 4. The van der Waals surface area contributed by atoms with Crippen LogP contribution in [0.3, 0.4) is 0 Å². The highest BCUT2D eigenvalue weighted by Crippen LogP contribution is 2.36. The lowest BCUT2D eigenvalue weighted by Gasteiger charge is -2.36. The molecule has 4 aromatic rings. The minimum absolute atomic E-state index is 0.0322. The molecular formula is C44H53N11O5. The highest BCUT2D eigenvalue weighted by Gasteiger charge is 2.45. The number of fused-ring (bicyclic) bond motifs is 2. The number of unbranched alkanes of at least 4 members (excludes halogenated alkanes) is 2. The number of imide groups is 1. The van der Waals surface area contributed by atoms with Gasteiger partial charge in [-0.05, 0) is 75.4 Å². The fourth-order valence-electron chi connectivity index (χ4n) is 8.84. The zero-order valence-corrected chi connectivity index (χ0v) is 34.4. The van der Waals surface area contributed by atoms with Crippen LogP contribution in [0, 0.1) is 0 Å². The molecule has 1 saturated carbocycles. The zero-order valence-electron chi connectivity index (χ0n) is 34.4. The van der Waals surface area contributed by atoms with Gasteiger partial charge in [-0.1, -0.05) is 31.9 Å². The maximum absolute atomic E-state index is 13.4. The van der Waals surface area contributed by atoms with E-state index >= 15 is 0 Å². The van der Waals surface area contributed by atoms with Crippen LogP contribution in [0.25, 0.3) is 11.0 Å². The average molecular weight is 816 g/mol. The number of nitrogens with zero attached hydrogens (tertiary/aromatic N) is 8. The zero-order chi connectivity index (χ0) is 41.9. The summed E-state index contributed by atoms with van der Waals surface area (Å²) in [7, 11) is 3.54. The number of piperazine rings is 1. The summed E-state index contributed by atoms with van der Waals surface area (Å²) < 4.78 is 2.11. The number of Topliss-reactive ketones (excluding diaryl/α,β-unsaturated/α-hetero) is 1. The van der Waals surface area contributed by atoms with Gasteiger partial charge >= 0.3 is 0 Å². The Morgan fingerprint density at radius 2 is 1.73 bits per heavy atom. The summed E-state index contributed by atoms with van der Waals surface area (Å²) in [6.45, 7) is 8.46. The van der Waals surface area contributed by atoms with E-state index < -0.39 is 23.8 Å². The third kappa shape index (κ3) is 8.46. The third-order valence-electron chi connectivity index (χ3n) is 12.1. The number of hydrogen-bond donors (Lipinski definition) is 3. The molecule has 0 spiro atoms. The van der Waals surface area contributed by atoms with E-state index in [1.165, 1.54) is 0 Å². The molecular weight excluding hydrogens is 763 g/mol. The molecule has 314 valence electrons. The van der Waals surface area contributed by atoms with Crippen molar-refractivity contribution in [1.82, 2.24) is 39.5 Å². The average Bonchev–Trinajstić information content (AvgIpc) is 3.97. The molecule has 3 fully saturated rings. The quantitative estimate of drug-likeness (QED) is 0.107. The van der Waals surface area contributed by atoms with Crippen molar-refractivity contribution in [2.45, 2.75) is 76.3 Å². The maximum Gasteiger partial charge on any atom is 0.270 e. The molecule has 0 bridgehead atoms. The second kappa shape index (κ2) is 17.6. The number of aromatic nitrogens is 4. The van der Waals surface area contributed by atoms with Crippen LogP contribution in [0.5, 0.6) is 0 Å². The lowest BCUT2D eigenvalue weighted by atomic mass is 10.0. The monoisotopic (exact) mass is 815 g/mol. The number of carbonyl (C=O) groups is 5. The largest absolute Gasteiger partial charge is 0.377 e. The molecule has 8 rings (SSSR count). The molecule has 3 N–H and O–H groups in total. The van der Waals surface area contributed by atoms with Gasteiger partial charge < -0.3 is 30.3 Å². The standard InChI is InChI=1S/C44H53N11O5/c1-28-15-17-35(40(57)48-28)55-41(58)33-13-9-14-34(38(33)43(55)60)45-27-32(56)12-5-4-8-19-52-20-22-53(23-21-52)31-16-18-37(46-26-31)49-44-47-25-29-24-36(42(59)51(2)3)54(39(29)50-44)30-10-6-7-11-30/h9,13-14,16,18,24-26,30,35,45H,1,4-8,10-12,15,17,19-23,27H2,2-3H3,(H,48,57)(H,46,47,49,50). The highest BCUT2D eigenvalue weighted by molar-refractivity contribution is 6.25. The first-order valence-corrected chi connectivity index (χ1v) is 21.1. The SMILES string of the molecule is C=C1CCC(N2C(=O)c3cccc(NCC(=O)CCCCCN4CCN(c5ccc(Nc6ncc7cc(C(=O)N(C)C)n(C8CCCC8)c7n6)nc5)CC4)c3C2=O)C(=O)N1. The van der Waals surface area contributed by atoms with Crippen molar-refractivity contribution in [2.75, 3.05) is 68.9 Å². The van der Waals surface area contributed by atoms with E-state index in [1.807, 2.05) is 18.3 Å². The van der Waals surface area contributed by atoms with Gasteiger partial charge in [-0.25, -0.2) is 9.97 Å². The van der Waals surface area contributed by atoms with Crippen LogP contribution >= 0.6 is 0 Å². The Balaban J connectivity index is 0.756. The summed E-state index contributed by atoms with van der Waals surface area (Å²) in [6.07, 6.45) is 11.9. The van der Waals surface area contributed by atoms with E-state index in [1.54, 1.807) is 43.4 Å². The van der Waals surface area contributed by atoms with Gasteiger partial charge in [0, 0.05) is 75.7 Å². The lowest BCUT2D eigenvalue weighted by Crippen LogP contribution is -2.51. The van der Waals surface area contributed by atoms with E-state index in [9.17, 15) is 24.0 Å². The Labute approximate surface area is 349 Å². The smallest absolute Gasteiger partial charge is 0.270 e. The van der Waals surface area contributed by atoms with Crippen LogP contribution < -0.4 is 20.9 Å². The van der Waals surface area contributed by atoms with Crippen molar-refractivity contribution in [3.05, 3.63) is 77.9 Å². The van der Waals surface area contributed by atoms with E-state index in [4.69, 9.17) is 4.98 Å². The number of nitrogens with one attached hydrogen (secondary N) is 3. The van der Waals surface area contributed by atoms with E-state index in [0.29, 0.717) is 48.1 Å². The number of anilines is 4. The molecule has 1 atom stereocenters. The third-order valence-corrected chi connectivity index (χ3v) is 12.1. The molecule has 60 heavy (non-hydrogen) atoms. The van der Waals surface area contributed by atoms with Gasteiger partial charge in [0.2, 0.25) is 11.9 Å². The van der Waals surface area contributed by atoms with Crippen LogP contribution in [-0.4, -0.2) is 123 Å².